The fourth-order valence-electron chi connectivity index (χ4n) is 2.53. The Labute approximate surface area is 152 Å². The van der Waals surface area contributed by atoms with E-state index >= 15 is 0 Å². The van der Waals surface area contributed by atoms with Crippen molar-refractivity contribution in [2.75, 3.05) is 38.5 Å². The van der Waals surface area contributed by atoms with Gasteiger partial charge in [0.05, 0.1) is 0 Å². The maximum Gasteiger partial charge on any atom is 0.323 e. The second kappa shape index (κ2) is 8.46. The van der Waals surface area contributed by atoms with Crippen molar-refractivity contribution in [1.82, 2.24) is 15.3 Å². The summed E-state index contributed by atoms with van der Waals surface area (Å²) in [4.78, 5) is 26.2. The van der Waals surface area contributed by atoms with E-state index in [-0.39, 0.29) is 0 Å². The maximum absolute atomic E-state index is 12.0. The molecule has 0 unspecified atom stereocenters. The van der Waals surface area contributed by atoms with Crippen molar-refractivity contribution in [3.63, 3.8) is 0 Å². The lowest BCUT2D eigenvalue weighted by Gasteiger charge is -2.32. The zero-order chi connectivity index (χ0) is 18.4. The van der Waals surface area contributed by atoms with Crippen LogP contribution in [-0.2, 0) is 9.59 Å². The normalized spacial score (nSPS) is 15.3. The molecule has 1 heterocycles. The van der Waals surface area contributed by atoms with Gasteiger partial charge in [-0.15, -0.1) is 0 Å². The topological polar surface area (TPSA) is 73.9 Å². The summed E-state index contributed by atoms with van der Waals surface area (Å²) < 4.78 is 5.69. The van der Waals surface area contributed by atoms with Crippen molar-refractivity contribution in [3.8, 4) is 11.5 Å². The fourth-order valence-corrected chi connectivity index (χ4v) is 2.53. The second-order valence-electron chi connectivity index (χ2n) is 6.12. The molecule has 7 nitrogen and oxygen atoms in total. The van der Waals surface area contributed by atoms with E-state index in [1.54, 1.807) is 29.3 Å². The van der Waals surface area contributed by atoms with Crippen LogP contribution in [-0.4, -0.2) is 54.9 Å². The van der Waals surface area contributed by atoms with Crippen molar-refractivity contribution >= 4 is 17.5 Å². The molecule has 2 amide bonds. The van der Waals surface area contributed by atoms with Crippen molar-refractivity contribution in [1.29, 1.82) is 0 Å². The highest BCUT2D eigenvalue weighted by Crippen LogP contribution is 2.22. The first-order chi connectivity index (χ1) is 12.6. The summed E-state index contributed by atoms with van der Waals surface area (Å²) in [5.74, 6) is 0.0201. The summed E-state index contributed by atoms with van der Waals surface area (Å²) in [5, 5.41) is 4.35. The number of nitrogens with zero attached hydrogens (tertiary/aromatic N) is 2. The Bertz CT molecular complexity index is 741. The highest BCUT2D eigenvalue weighted by molar-refractivity contribution is 6.39. The number of nitrogens with one attached hydrogen (secondary N) is 2. The third-order valence-corrected chi connectivity index (χ3v) is 4.06. The van der Waals surface area contributed by atoms with Crippen LogP contribution < -0.4 is 15.5 Å². The number of hydrogen-bond acceptors (Lipinski definition) is 5. The summed E-state index contributed by atoms with van der Waals surface area (Å²) in [6.07, 6.45) is 0. The van der Waals surface area contributed by atoms with Crippen LogP contribution in [0.3, 0.4) is 0 Å². The number of ether oxygens (including phenoxy) is 1. The van der Waals surface area contributed by atoms with Gasteiger partial charge in [0.25, 0.3) is 0 Å². The van der Waals surface area contributed by atoms with Crippen LogP contribution in [0.25, 0.3) is 0 Å². The first-order valence-corrected chi connectivity index (χ1v) is 8.48. The summed E-state index contributed by atoms with van der Waals surface area (Å²) in [5.41, 5.74) is 3.17. The number of benzene rings is 2. The molecule has 0 aliphatic carbocycles. The molecule has 7 heteroatoms. The minimum atomic E-state index is -0.694. The Hall–Kier alpha value is -2.90. The average molecular weight is 354 g/mol. The van der Waals surface area contributed by atoms with Crippen molar-refractivity contribution in [2.45, 2.75) is 0 Å². The molecule has 3 rings (SSSR count). The number of piperazine rings is 1. The molecule has 0 radical (unpaired) electrons. The molecular weight excluding hydrogens is 332 g/mol. The number of carbonyl (C=O) groups excluding carboxylic acids is 2. The zero-order valence-corrected chi connectivity index (χ0v) is 14.6. The van der Waals surface area contributed by atoms with Crippen LogP contribution in [0.15, 0.2) is 54.6 Å². The number of amides is 2. The largest absolute Gasteiger partial charge is 0.457 e. The number of likely N-dealkylation sites (N-methyl/N-ethyl adjacent to an activating group) is 1. The van der Waals surface area contributed by atoms with Crippen LogP contribution in [0.1, 0.15) is 0 Å². The lowest BCUT2D eigenvalue weighted by molar-refractivity contribution is -0.139. The molecule has 0 spiro atoms. The van der Waals surface area contributed by atoms with Crippen LogP contribution in [0, 0.1) is 0 Å². The van der Waals surface area contributed by atoms with Gasteiger partial charge in [-0.05, 0) is 43.4 Å². The number of para-hydroxylation sites is 1. The van der Waals surface area contributed by atoms with Gasteiger partial charge < -0.3 is 15.0 Å². The Morgan fingerprint density at radius 1 is 0.846 bits per heavy atom. The van der Waals surface area contributed by atoms with Gasteiger partial charge in [0.2, 0.25) is 0 Å². The molecule has 2 aromatic carbocycles. The Kier molecular flexibility index (Phi) is 5.83. The molecule has 1 aliphatic heterocycles. The molecule has 1 fully saturated rings. The molecule has 0 atom stereocenters. The highest BCUT2D eigenvalue weighted by Gasteiger charge is 2.20. The minimum Gasteiger partial charge on any atom is -0.457 e. The van der Waals surface area contributed by atoms with Gasteiger partial charge in [-0.2, -0.15) is 0 Å². The Morgan fingerprint density at radius 2 is 1.46 bits per heavy atom. The molecule has 0 aromatic heterocycles. The van der Waals surface area contributed by atoms with Gasteiger partial charge in [-0.25, -0.2) is 5.01 Å². The first-order valence-electron chi connectivity index (χ1n) is 8.48. The molecule has 136 valence electrons. The molecule has 2 aromatic rings. The number of hydrazine groups is 1. The first kappa shape index (κ1) is 17.9. The zero-order valence-electron chi connectivity index (χ0n) is 14.6. The summed E-state index contributed by atoms with van der Waals surface area (Å²) in [6.45, 7) is 3.09. The van der Waals surface area contributed by atoms with Crippen LogP contribution in [0.5, 0.6) is 11.5 Å². The molecule has 1 saturated heterocycles. The van der Waals surface area contributed by atoms with E-state index < -0.39 is 11.8 Å². The lowest BCUT2D eigenvalue weighted by atomic mass is 10.3. The summed E-state index contributed by atoms with van der Waals surface area (Å²) in [6, 6.07) is 16.3. The third kappa shape index (κ3) is 5.05. The molecular formula is C19H22N4O3. The number of rotatable bonds is 4. The van der Waals surface area contributed by atoms with Crippen molar-refractivity contribution < 1.29 is 14.3 Å². The minimum absolute atomic E-state index is 0.531. The smallest absolute Gasteiger partial charge is 0.323 e. The maximum atomic E-state index is 12.0. The molecule has 0 bridgehead atoms. The molecule has 2 N–H and O–H groups in total. The van der Waals surface area contributed by atoms with Gasteiger partial charge in [-0.3, -0.25) is 15.0 Å². The van der Waals surface area contributed by atoms with Crippen molar-refractivity contribution in [3.05, 3.63) is 54.6 Å². The van der Waals surface area contributed by atoms with Crippen LogP contribution in [0.2, 0.25) is 0 Å². The van der Waals surface area contributed by atoms with Crippen molar-refractivity contribution in [2.24, 2.45) is 0 Å². The Balaban J connectivity index is 1.50. The van der Waals surface area contributed by atoms with E-state index in [1.165, 1.54) is 0 Å². The van der Waals surface area contributed by atoms with E-state index in [0.717, 1.165) is 18.8 Å². The van der Waals surface area contributed by atoms with E-state index in [4.69, 9.17) is 4.74 Å². The predicted octanol–water partition coefficient (Wildman–Crippen LogP) is 1.70. The van der Waals surface area contributed by atoms with Crippen LogP contribution >= 0.6 is 0 Å². The van der Waals surface area contributed by atoms with Gasteiger partial charge in [0.1, 0.15) is 11.5 Å². The van der Waals surface area contributed by atoms with Gasteiger partial charge in [0.15, 0.2) is 0 Å². The number of anilines is 1. The lowest BCUT2D eigenvalue weighted by Crippen LogP contribution is -2.54. The SMILES string of the molecule is CN1CCN(NC(=O)C(=O)Nc2ccc(Oc3ccccc3)cc2)CC1. The molecule has 0 saturated carbocycles. The fraction of sp³-hybridized carbons (Fsp3) is 0.263. The third-order valence-electron chi connectivity index (χ3n) is 4.06. The molecule has 26 heavy (non-hydrogen) atoms. The predicted molar refractivity (Wildman–Crippen MR) is 98.8 cm³/mol. The van der Waals surface area contributed by atoms with E-state index in [2.05, 4.69) is 15.6 Å². The Morgan fingerprint density at radius 3 is 2.12 bits per heavy atom. The van der Waals surface area contributed by atoms with Gasteiger partial charge in [-0.1, -0.05) is 18.2 Å². The quantitative estimate of drug-likeness (QED) is 0.818. The van der Waals surface area contributed by atoms with Gasteiger partial charge >= 0.3 is 11.8 Å². The standard InChI is InChI=1S/C19H22N4O3/c1-22-11-13-23(14-12-22)21-19(25)18(24)20-15-7-9-17(10-8-15)26-16-5-3-2-4-6-16/h2-10H,11-14H2,1H3,(H,20,24)(H,21,25). The highest BCUT2D eigenvalue weighted by atomic mass is 16.5. The number of carbonyl (C=O) groups is 2. The van der Waals surface area contributed by atoms with Gasteiger partial charge in [0, 0.05) is 31.9 Å². The average Bonchev–Trinajstić information content (AvgIpc) is 2.66. The summed E-state index contributed by atoms with van der Waals surface area (Å²) >= 11 is 0. The number of hydrogen-bond donors (Lipinski definition) is 2. The van der Waals surface area contributed by atoms with E-state index in [0.29, 0.717) is 24.5 Å². The van der Waals surface area contributed by atoms with Crippen LogP contribution in [0.4, 0.5) is 5.69 Å². The monoisotopic (exact) mass is 354 g/mol. The van der Waals surface area contributed by atoms with E-state index in [1.807, 2.05) is 37.4 Å². The molecule has 1 aliphatic rings. The van der Waals surface area contributed by atoms with E-state index in [9.17, 15) is 9.59 Å². The summed E-state index contributed by atoms with van der Waals surface area (Å²) in [7, 11) is 2.02. The second-order valence-corrected chi connectivity index (χ2v) is 6.12.